The third-order valence-corrected chi connectivity index (χ3v) is 6.73. The van der Waals surface area contributed by atoms with Crippen molar-refractivity contribution in [2.75, 3.05) is 6.61 Å². The van der Waals surface area contributed by atoms with Crippen molar-refractivity contribution in [2.45, 2.75) is 56.0 Å². The van der Waals surface area contributed by atoms with Crippen LogP contribution < -0.4 is 10.1 Å². The number of hydrogen-bond acceptors (Lipinski definition) is 4. The average molecular weight is 405 g/mol. The number of carbonyl (C=O) groups is 1. The fourth-order valence-corrected chi connectivity index (χ4v) is 5.10. The highest BCUT2D eigenvalue weighted by atomic mass is 35.5. The van der Waals surface area contributed by atoms with Crippen LogP contribution in [0.3, 0.4) is 0 Å². The fraction of sp³-hybridized carbons (Fsp3) is 0.550. The summed E-state index contributed by atoms with van der Waals surface area (Å²) in [5.41, 5.74) is 0.970. The Morgan fingerprint density at radius 2 is 2.14 bits per heavy atom. The van der Waals surface area contributed by atoms with Gasteiger partial charge in [-0.15, -0.1) is 0 Å². The second kappa shape index (κ2) is 6.17. The molecule has 0 saturated heterocycles. The Labute approximate surface area is 167 Å². The molecule has 0 unspecified atom stereocenters. The van der Waals surface area contributed by atoms with Crippen LogP contribution in [0.25, 0.3) is 0 Å². The van der Waals surface area contributed by atoms with Crippen molar-refractivity contribution in [3.8, 4) is 5.75 Å². The van der Waals surface area contributed by atoms with Gasteiger partial charge in [-0.2, -0.15) is 15.0 Å². The molecule has 0 atom stereocenters. The van der Waals surface area contributed by atoms with Crippen molar-refractivity contribution in [3.05, 3.63) is 40.9 Å². The Bertz CT molecular complexity index is 920. The van der Waals surface area contributed by atoms with E-state index in [0.717, 1.165) is 43.7 Å². The molecule has 1 N–H and O–H groups in total. The molecule has 4 aliphatic carbocycles. The van der Waals surface area contributed by atoms with Crippen LogP contribution in [0, 0.1) is 11.7 Å². The summed E-state index contributed by atoms with van der Waals surface area (Å²) in [7, 11) is 0. The van der Waals surface area contributed by atoms with Gasteiger partial charge in [0.25, 0.3) is 5.91 Å². The number of nitrogens with one attached hydrogen (secondary N) is 1. The summed E-state index contributed by atoms with van der Waals surface area (Å²) < 4.78 is 18.8. The average Bonchev–Trinajstić information content (AvgIpc) is 3.04. The number of halogens is 2. The monoisotopic (exact) mass is 404 g/mol. The molecule has 0 aliphatic heterocycles. The van der Waals surface area contributed by atoms with Gasteiger partial charge in [-0.3, -0.25) is 4.79 Å². The zero-order valence-corrected chi connectivity index (χ0v) is 16.4. The maximum Gasteiger partial charge on any atom is 0.258 e. The summed E-state index contributed by atoms with van der Waals surface area (Å²) in [5.74, 6) is 0.286. The van der Waals surface area contributed by atoms with Crippen LogP contribution >= 0.6 is 11.6 Å². The number of benzene rings is 1. The Morgan fingerprint density at radius 1 is 1.39 bits per heavy atom. The summed E-state index contributed by atoms with van der Waals surface area (Å²) in [5, 5.41) is 12.3. The van der Waals surface area contributed by atoms with Crippen molar-refractivity contribution in [1.29, 1.82) is 0 Å². The number of carbonyl (C=O) groups excluding carboxylic acids is 1. The molecule has 4 saturated carbocycles. The largest absolute Gasteiger partial charge is 0.484 e. The summed E-state index contributed by atoms with van der Waals surface area (Å²) in [6, 6.07) is 4.57. The predicted molar refractivity (Wildman–Crippen MR) is 101 cm³/mol. The van der Waals surface area contributed by atoms with Crippen LogP contribution in [0.1, 0.15) is 50.8 Å². The summed E-state index contributed by atoms with van der Waals surface area (Å²) in [6.45, 7) is 2.10. The molecule has 0 spiro atoms. The molecule has 2 bridgehead atoms. The smallest absolute Gasteiger partial charge is 0.258 e. The lowest BCUT2D eigenvalue weighted by molar-refractivity contribution is -0.140. The zero-order chi connectivity index (χ0) is 19.5. The number of amides is 1. The molecule has 28 heavy (non-hydrogen) atoms. The van der Waals surface area contributed by atoms with E-state index in [1.54, 1.807) is 6.07 Å². The quantitative estimate of drug-likeness (QED) is 0.801. The van der Waals surface area contributed by atoms with Crippen LogP contribution in [0.5, 0.6) is 5.75 Å². The van der Waals surface area contributed by atoms with E-state index in [4.69, 9.17) is 21.4 Å². The standard InChI is InChI=1S/C20H22ClFN4O2/c1-12-4-13(5-12)26-23-7-17(25-26)19-9-20(10-19,11-19)24-18(27)8-28-14-2-3-15(21)16(22)6-14/h2-3,6-7,12-13H,4-5,8-11H2,1H3,(H,24,27). The van der Waals surface area contributed by atoms with Crippen molar-refractivity contribution in [1.82, 2.24) is 20.3 Å². The number of ether oxygens (including phenoxy) is 1. The Balaban J connectivity index is 1.12. The molecule has 1 heterocycles. The third kappa shape index (κ3) is 2.87. The van der Waals surface area contributed by atoms with Crippen molar-refractivity contribution in [3.63, 3.8) is 0 Å². The van der Waals surface area contributed by atoms with Crippen LogP contribution in [0.2, 0.25) is 5.02 Å². The molecule has 1 aromatic carbocycles. The molecule has 148 valence electrons. The van der Waals surface area contributed by atoms with E-state index < -0.39 is 5.82 Å². The van der Waals surface area contributed by atoms with Gasteiger partial charge in [0, 0.05) is 17.0 Å². The summed E-state index contributed by atoms with van der Waals surface area (Å²) in [6.07, 6.45) is 6.87. The molecule has 8 heteroatoms. The first-order valence-electron chi connectivity index (χ1n) is 9.68. The second-order valence-corrected chi connectivity index (χ2v) is 9.19. The first-order valence-corrected chi connectivity index (χ1v) is 10.1. The van der Waals surface area contributed by atoms with Crippen LogP contribution in [0.4, 0.5) is 4.39 Å². The van der Waals surface area contributed by atoms with E-state index in [9.17, 15) is 9.18 Å². The van der Waals surface area contributed by atoms with Gasteiger partial charge in [0.2, 0.25) is 0 Å². The topological polar surface area (TPSA) is 69.0 Å². The first-order chi connectivity index (χ1) is 13.4. The van der Waals surface area contributed by atoms with Crippen molar-refractivity contribution >= 4 is 17.5 Å². The fourth-order valence-electron chi connectivity index (χ4n) is 4.98. The second-order valence-electron chi connectivity index (χ2n) is 8.78. The van der Waals surface area contributed by atoms with Gasteiger partial charge >= 0.3 is 0 Å². The molecular weight excluding hydrogens is 383 g/mol. The number of rotatable bonds is 6. The van der Waals surface area contributed by atoms with Crippen LogP contribution in [0.15, 0.2) is 24.4 Å². The minimum atomic E-state index is -0.564. The van der Waals surface area contributed by atoms with Gasteiger partial charge in [-0.25, -0.2) is 4.39 Å². The molecule has 1 amide bonds. The molecule has 4 fully saturated rings. The SMILES string of the molecule is CC1CC(n2ncc(C34CC(NC(=O)COc5ccc(Cl)c(F)c5)(C3)C4)n2)C1. The van der Waals surface area contributed by atoms with Crippen LogP contribution in [-0.2, 0) is 10.2 Å². The lowest BCUT2D eigenvalue weighted by Crippen LogP contribution is -2.77. The molecule has 6 nitrogen and oxygen atoms in total. The van der Waals surface area contributed by atoms with Crippen molar-refractivity contribution < 1.29 is 13.9 Å². The van der Waals surface area contributed by atoms with E-state index in [2.05, 4.69) is 17.3 Å². The lowest BCUT2D eigenvalue weighted by Gasteiger charge is -2.69. The Hall–Kier alpha value is -2.15. The van der Waals surface area contributed by atoms with E-state index in [1.807, 2.05) is 11.0 Å². The predicted octanol–water partition coefficient (Wildman–Crippen LogP) is 3.41. The van der Waals surface area contributed by atoms with Crippen molar-refractivity contribution in [2.24, 2.45) is 5.92 Å². The minimum absolute atomic E-state index is 0.0275. The van der Waals surface area contributed by atoms with E-state index >= 15 is 0 Å². The van der Waals surface area contributed by atoms with E-state index in [1.165, 1.54) is 12.1 Å². The highest BCUT2D eigenvalue weighted by molar-refractivity contribution is 6.30. The van der Waals surface area contributed by atoms with Gasteiger partial charge in [0.05, 0.1) is 23.0 Å². The molecular formula is C20H22ClFN4O2. The highest BCUT2D eigenvalue weighted by Crippen LogP contribution is 2.67. The zero-order valence-electron chi connectivity index (χ0n) is 15.6. The van der Waals surface area contributed by atoms with Gasteiger partial charge in [-0.1, -0.05) is 18.5 Å². The molecule has 0 radical (unpaired) electrons. The van der Waals surface area contributed by atoms with E-state index in [-0.39, 0.29) is 34.2 Å². The first kappa shape index (κ1) is 17.9. The summed E-state index contributed by atoms with van der Waals surface area (Å²) >= 11 is 5.64. The Morgan fingerprint density at radius 3 is 2.82 bits per heavy atom. The maximum atomic E-state index is 13.4. The highest BCUT2D eigenvalue weighted by Gasteiger charge is 2.70. The lowest BCUT2D eigenvalue weighted by atomic mass is 9.38. The van der Waals surface area contributed by atoms with E-state index in [0.29, 0.717) is 6.04 Å². The normalized spacial score (nSPS) is 32.7. The molecule has 6 rings (SSSR count). The van der Waals surface area contributed by atoms with Crippen LogP contribution in [-0.4, -0.2) is 33.0 Å². The minimum Gasteiger partial charge on any atom is -0.484 e. The van der Waals surface area contributed by atoms with Gasteiger partial charge < -0.3 is 10.1 Å². The Kier molecular flexibility index (Phi) is 3.95. The maximum absolute atomic E-state index is 13.4. The molecule has 1 aromatic heterocycles. The van der Waals surface area contributed by atoms with Gasteiger partial charge in [-0.05, 0) is 50.2 Å². The summed E-state index contributed by atoms with van der Waals surface area (Å²) in [4.78, 5) is 14.1. The molecule has 4 aliphatic rings. The van der Waals surface area contributed by atoms with Gasteiger partial charge in [0.15, 0.2) is 6.61 Å². The van der Waals surface area contributed by atoms with Gasteiger partial charge in [0.1, 0.15) is 11.6 Å². The number of aromatic nitrogens is 3. The number of nitrogens with zero attached hydrogens (tertiary/aromatic N) is 3. The number of hydrogen-bond donors (Lipinski definition) is 1. The third-order valence-electron chi connectivity index (χ3n) is 6.42. The molecule has 2 aromatic rings.